The van der Waals surface area contributed by atoms with Crippen LogP contribution in [-0.2, 0) is 29.2 Å². The van der Waals surface area contributed by atoms with Crippen LogP contribution in [0, 0.1) is 0 Å². The lowest BCUT2D eigenvalue weighted by Crippen LogP contribution is -2.55. The number of aromatic nitrogens is 3. The second kappa shape index (κ2) is 9.80. The molecular formula is C17H27N3O5. The van der Waals surface area contributed by atoms with E-state index < -0.39 is 23.0 Å². The average Bonchev–Trinajstić information content (AvgIpc) is 2.57. The van der Waals surface area contributed by atoms with Gasteiger partial charge < -0.3 is 4.74 Å². The highest BCUT2D eigenvalue weighted by molar-refractivity contribution is 5.86. The van der Waals surface area contributed by atoms with Crippen molar-refractivity contribution in [3.05, 3.63) is 43.6 Å². The molecule has 0 saturated heterocycles. The number of hydrogen-bond acceptors (Lipinski definition) is 5. The van der Waals surface area contributed by atoms with Gasteiger partial charge in [-0.1, -0.05) is 33.3 Å². The van der Waals surface area contributed by atoms with E-state index in [1.165, 1.54) is 6.92 Å². The van der Waals surface area contributed by atoms with Crippen molar-refractivity contribution in [2.75, 3.05) is 6.61 Å². The molecule has 0 atom stereocenters. The van der Waals surface area contributed by atoms with Crippen molar-refractivity contribution in [2.45, 2.75) is 66.1 Å². The van der Waals surface area contributed by atoms with E-state index in [-0.39, 0.29) is 31.8 Å². The highest BCUT2D eigenvalue weighted by Crippen LogP contribution is 1.93. The Balaban J connectivity index is 3.23. The van der Waals surface area contributed by atoms with Crippen LogP contribution in [0.1, 0.15) is 46.5 Å². The molecule has 1 aromatic heterocycles. The van der Waals surface area contributed by atoms with Gasteiger partial charge in [-0.05, 0) is 19.8 Å². The first-order valence-corrected chi connectivity index (χ1v) is 8.62. The lowest BCUT2D eigenvalue weighted by atomic mass is 10.3. The third kappa shape index (κ3) is 5.30. The Labute approximate surface area is 146 Å². The zero-order valence-electron chi connectivity index (χ0n) is 15.2. The molecule has 8 nitrogen and oxygen atoms in total. The van der Waals surface area contributed by atoms with Crippen molar-refractivity contribution >= 4 is 5.97 Å². The molecule has 8 heteroatoms. The minimum Gasteiger partial charge on any atom is -0.460 e. The van der Waals surface area contributed by atoms with Gasteiger partial charge >= 0.3 is 23.0 Å². The molecule has 0 radical (unpaired) electrons. The summed E-state index contributed by atoms with van der Waals surface area (Å²) in [7, 11) is 0. The highest BCUT2D eigenvalue weighted by Gasteiger charge is 2.15. The van der Waals surface area contributed by atoms with Gasteiger partial charge in [0.1, 0.15) is 6.61 Å². The van der Waals surface area contributed by atoms with Crippen LogP contribution in [0.15, 0.2) is 26.5 Å². The molecule has 1 heterocycles. The Morgan fingerprint density at radius 1 is 0.880 bits per heavy atom. The highest BCUT2D eigenvalue weighted by atomic mass is 16.5. The first-order valence-electron chi connectivity index (χ1n) is 8.62. The van der Waals surface area contributed by atoms with Crippen LogP contribution < -0.4 is 17.1 Å². The maximum absolute atomic E-state index is 12.5. The van der Waals surface area contributed by atoms with Crippen molar-refractivity contribution in [3.8, 4) is 0 Å². The molecular weight excluding hydrogens is 326 g/mol. The molecule has 0 saturated carbocycles. The van der Waals surface area contributed by atoms with E-state index in [1.54, 1.807) is 0 Å². The molecule has 0 aliphatic rings. The SMILES string of the molecule is C=C(C)C(=O)OCCn1c(=O)n(CCCC)c(=O)n(CCCC)c1=O. The Bertz CT molecular complexity index is 739. The summed E-state index contributed by atoms with van der Waals surface area (Å²) in [6.45, 7) is 9.16. The lowest BCUT2D eigenvalue weighted by molar-refractivity contribution is -0.139. The molecule has 0 N–H and O–H groups in total. The number of ether oxygens (including phenoxy) is 1. The monoisotopic (exact) mass is 353 g/mol. The number of carbonyl (C=O) groups is 1. The van der Waals surface area contributed by atoms with Crippen LogP contribution in [-0.4, -0.2) is 26.3 Å². The Hall–Kier alpha value is -2.38. The Morgan fingerprint density at radius 3 is 1.64 bits per heavy atom. The van der Waals surface area contributed by atoms with Gasteiger partial charge in [-0.15, -0.1) is 0 Å². The van der Waals surface area contributed by atoms with Crippen LogP contribution in [0.25, 0.3) is 0 Å². The minimum absolute atomic E-state index is 0.102. The number of hydrogen-bond donors (Lipinski definition) is 0. The molecule has 0 aromatic carbocycles. The Morgan fingerprint density at radius 2 is 1.28 bits per heavy atom. The molecule has 0 amide bonds. The summed E-state index contributed by atoms with van der Waals surface area (Å²) < 4.78 is 8.08. The topological polar surface area (TPSA) is 92.3 Å². The molecule has 140 valence electrons. The van der Waals surface area contributed by atoms with Crippen molar-refractivity contribution in [1.29, 1.82) is 0 Å². The lowest BCUT2D eigenvalue weighted by Gasteiger charge is -2.13. The smallest absolute Gasteiger partial charge is 0.336 e. The van der Waals surface area contributed by atoms with E-state index >= 15 is 0 Å². The fourth-order valence-corrected chi connectivity index (χ4v) is 2.24. The van der Waals surface area contributed by atoms with Gasteiger partial charge in [0.25, 0.3) is 0 Å². The van der Waals surface area contributed by atoms with Gasteiger partial charge in [-0.3, -0.25) is 0 Å². The van der Waals surface area contributed by atoms with Crippen LogP contribution in [0.2, 0.25) is 0 Å². The second-order valence-electron chi connectivity index (χ2n) is 5.93. The molecule has 0 unspecified atom stereocenters. The molecule has 0 fully saturated rings. The molecule has 0 spiro atoms. The fraction of sp³-hybridized carbons (Fsp3) is 0.647. The van der Waals surface area contributed by atoms with Crippen molar-refractivity contribution in [1.82, 2.24) is 13.7 Å². The largest absolute Gasteiger partial charge is 0.460 e. The number of carbonyl (C=O) groups excluding carboxylic acids is 1. The average molecular weight is 353 g/mol. The maximum atomic E-state index is 12.5. The second-order valence-corrected chi connectivity index (χ2v) is 5.93. The molecule has 1 rings (SSSR count). The zero-order valence-corrected chi connectivity index (χ0v) is 15.2. The summed E-state index contributed by atoms with van der Waals surface area (Å²) in [6, 6.07) is 0. The number of nitrogens with zero attached hydrogens (tertiary/aromatic N) is 3. The third-order valence-corrected chi connectivity index (χ3v) is 3.75. The maximum Gasteiger partial charge on any atom is 0.336 e. The summed E-state index contributed by atoms with van der Waals surface area (Å²) in [5.41, 5.74) is -1.67. The van der Waals surface area contributed by atoms with E-state index in [4.69, 9.17) is 4.74 Å². The minimum atomic E-state index is -0.664. The van der Waals surface area contributed by atoms with E-state index in [0.717, 1.165) is 26.5 Å². The molecule has 1 aromatic rings. The predicted molar refractivity (Wildman–Crippen MR) is 94.8 cm³/mol. The first-order chi connectivity index (χ1) is 11.8. The van der Waals surface area contributed by atoms with Gasteiger partial charge in [-0.25, -0.2) is 32.9 Å². The van der Waals surface area contributed by atoms with Crippen LogP contribution in [0.5, 0.6) is 0 Å². The zero-order chi connectivity index (χ0) is 19.0. The summed E-state index contributed by atoms with van der Waals surface area (Å²) in [5, 5.41) is 0. The number of esters is 1. The number of rotatable bonds is 10. The van der Waals surface area contributed by atoms with Crippen molar-refractivity contribution in [2.24, 2.45) is 0 Å². The van der Waals surface area contributed by atoms with Crippen LogP contribution >= 0.6 is 0 Å². The van der Waals surface area contributed by atoms with E-state index in [9.17, 15) is 19.2 Å². The van der Waals surface area contributed by atoms with E-state index in [0.29, 0.717) is 12.8 Å². The van der Waals surface area contributed by atoms with Crippen LogP contribution in [0.4, 0.5) is 0 Å². The van der Waals surface area contributed by atoms with Gasteiger partial charge in [-0.2, -0.15) is 0 Å². The summed E-state index contributed by atoms with van der Waals surface area (Å²) in [4.78, 5) is 48.9. The quantitative estimate of drug-likeness (QED) is 0.460. The standard InChI is InChI=1S/C17H27N3O5/c1-5-7-9-18-15(22)19(10-8-6-2)17(24)20(16(18)23)11-12-25-14(21)13(3)4/h3,5-12H2,1-2,4H3. The third-order valence-electron chi connectivity index (χ3n) is 3.75. The predicted octanol–water partition coefficient (Wildman–Crippen LogP) is 0.891. The molecule has 0 aliphatic heterocycles. The summed E-state index contributed by atoms with van der Waals surface area (Å²) in [6.07, 6.45) is 2.95. The van der Waals surface area contributed by atoms with Crippen LogP contribution in [0.3, 0.4) is 0 Å². The van der Waals surface area contributed by atoms with E-state index in [1.807, 2.05) is 13.8 Å². The number of unbranched alkanes of at least 4 members (excludes halogenated alkanes) is 2. The van der Waals surface area contributed by atoms with Gasteiger partial charge in [0, 0.05) is 18.7 Å². The van der Waals surface area contributed by atoms with Gasteiger partial charge in [0.05, 0.1) is 6.54 Å². The first kappa shape index (κ1) is 20.7. The fourth-order valence-electron chi connectivity index (χ4n) is 2.24. The normalized spacial score (nSPS) is 10.7. The van der Waals surface area contributed by atoms with E-state index in [2.05, 4.69) is 6.58 Å². The summed E-state index contributed by atoms with van der Waals surface area (Å²) >= 11 is 0. The Kier molecular flexibility index (Phi) is 8.10. The van der Waals surface area contributed by atoms with Gasteiger partial charge in [0.2, 0.25) is 0 Å². The molecule has 0 bridgehead atoms. The van der Waals surface area contributed by atoms with Crippen molar-refractivity contribution in [3.63, 3.8) is 0 Å². The molecule has 0 aliphatic carbocycles. The van der Waals surface area contributed by atoms with Crippen molar-refractivity contribution < 1.29 is 9.53 Å². The van der Waals surface area contributed by atoms with Gasteiger partial charge in [0.15, 0.2) is 0 Å². The summed E-state index contributed by atoms with van der Waals surface area (Å²) in [5.74, 6) is -0.585. The molecule has 25 heavy (non-hydrogen) atoms.